The Morgan fingerprint density at radius 3 is 3.00 bits per heavy atom. The summed E-state index contributed by atoms with van der Waals surface area (Å²) in [6.07, 6.45) is 5.28. The molecule has 2 aromatic heterocycles. The maximum Gasteiger partial charge on any atom is 0.276 e. The third-order valence-electron chi connectivity index (χ3n) is 8.88. The Labute approximate surface area is 183 Å². The molecule has 164 valence electrons. The van der Waals surface area contributed by atoms with Crippen molar-refractivity contribution in [2.75, 3.05) is 13.1 Å². The quantitative estimate of drug-likeness (QED) is 0.566. The van der Waals surface area contributed by atoms with Gasteiger partial charge in [0, 0.05) is 42.4 Å². The Kier molecular flexibility index (Phi) is 2.97. The third kappa shape index (κ3) is 1.82. The number of phenols is 1. The molecule has 2 fully saturated rings. The van der Waals surface area contributed by atoms with Gasteiger partial charge >= 0.3 is 0 Å². The molecule has 1 saturated heterocycles. The molecule has 2 aliphatic heterocycles. The van der Waals surface area contributed by atoms with Crippen molar-refractivity contribution < 1.29 is 14.9 Å². The van der Waals surface area contributed by atoms with E-state index < -0.39 is 17.1 Å². The third-order valence-corrected chi connectivity index (χ3v) is 8.88. The monoisotopic (exact) mass is 432 g/mol. The molecule has 0 unspecified atom stereocenters. The number of rotatable bonds is 2. The molecule has 0 amide bonds. The molecule has 4 heterocycles. The molecule has 5 aliphatic rings. The van der Waals surface area contributed by atoms with Gasteiger partial charge in [0.15, 0.2) is 23.3 Å². The van der Waals surface area contributed by atoms with E-state index in [-0.39, 0.29) is 23.8 Å². The van der Waals surface area contributed by atoms with Gasteiger partial charge in [-0.05, 0) is 49.8 Å². The summed E-state index contributed by atoms with van der Waals surface area (Å²) in [5, 5.41) is 26.3. The highest BCUT2D eigenvalue weighted by Crippen LogP contribution is 2.68. The van der Waals surface area contributed by atoms with Crippen LogP contribution in [0, 0.1) is 5.92 Å². The van der Waals surface area contributed by atoms with Crippen molar-refractivity contribution in [3.05, 3.63) is 57.1 Å². The van der Waals surface area contributed by atoms with Gasteiger partial charge in [-0.25, -0.2) is 9.50 Å². The fraction of sp³-hybridized carbons (Fsp3) is 0.500. The van der Waals surface area contributed by atoms with Gasteiger partial charge in [-0.15, -0.1) is 0 Å². The van der Waals surface area contributed by atoms with Gasteiger partial charge in [-0.1, -0.05) is 6.07 Å². The molecule has 2 bridgehead atoms. The number of aromatic amines is 1. The number of piperidine rings is 1. The van der Waals surface area contributed by atoms with E-state index in [1.165, 1.54) is 17.4 Å². The van der Waals surface area contributed by atoms with Crippen LogP contribution in [-0.2, 0) is 18.3 Å². The Hall–Kier alpha value is -2.84. The maximum atomic E-state index is 13.4. The molecule has 1 saturated carbocycles. The molecular weight excluding hydrogens is 408 g/mol. The lowest BCUT2D eigenvalue weighted by Crippen LogP contribution is -2.75. The molecule has 1 aromatic carbocycles. The number of likely N-dealkylation sites (tertiary alicyclic amines) is 1. The zero-order valence-corrected chi connectivity index (χ0v) is 17.5. The standard InChI is InChI=1S/C24H24N4O4/c29-15-4-3-13-9-16-24(31)10-14-19(26-17-5-7-25-28(17)22(14)30)21-23(24,18(13)20(15)32-21)6-8-27(16)11-12-1-2-12/h3-5,7,12,16,21,25,29,31H,1-2,6,8-11H2/t16-,21+,23+,24-/m1/s1. The Morgan fingerprint density at radius 2 is 2.16 bits per heavy atom. The van der Waals surface area contributed by atoms with Crippen LogP contribution in [0.5, 0.6) is 11.5 Å². The number of nitrogens with one attached hydrogen (secondary N) is 1. The van der Waals surface area contributed by atoms with Gasteiger partial charge in [0.2, 0.25) is 0 Å². The van der Waals surface area contributed by atoms with Crippen LogP contribution >= 0.6 is 0 Å². The number of fused-ring (bicyclic) bond motifs is 3. The average molecular weight is 432 g/mol. The summed E-state index contributed by atoms with van der Waals surface area (Å²) in [6.45, 7) is 1.87. The van der Waals surface area contributed by atoms with Crippen LogP contribution in [-0.4, -0.2) is 54.4 Å². The highest BCUT2D eigenvalue weighted by molar-refractivity contribution is 5.64. The van der Waals surface area contributed by atoms with Crippen LogP contribution < -0.4 is 10.3 Å². The van der Waals surface area contributed by atoms with Gasteiger partial charge in [0.25, 0.3) is 5.56 Å². The second-order valence-corrected chi connectivity index (χ2v) is 10.4. The van der Waals surface area contributed by atoms with Gasteiger partial charge in [0.05, 0.1) is 16.7 Å². The van der Waals surface area contributed by atoms with Crippen LogP contribution in [0.15, 0.2) is 29.2 Å². The second-order valence-electron chi connectivity index (χ2n) is 10.4. The number of nitrogens with zero attached hydrogens (tertiary/aromatic N) is 3. The van der Waals surface area contributed by atoms with E-state index in [1.807, 2.05) is 6.07 Å². The number of aromatic hydroxyl groups is 1. The summed E-state index contributed by atoms with van der Waals surface area (Å²) in [5.74, 6) is 1.26. The lowest BCUT2D eigenvalue weighted by Gasteiger charge is -2.62. The number of hydrogen-bond donors (Lipinski definition) is 3. The fourth-order valence-electron chi connectivity index (χ4n) is 7.32. The van der Waals surface area contributed by atoms with Crippen molar-refractivity contribution in [3.63, 3.8) is 0 Å². The molecule has 3 aliphatic carbocycles. The minimum Gasteiger partial charge on any atom is -0.504 e. The highest BCUT2D eigenvalue weighted by Gasteiger charge is 2.73. The summed E-state index contributed by atoms with van der Waals surface area (Å²) in [6, 6.07) is 5.36. The number of hydrogen-bond acceptors (Lipinski definition) is 6. The van der Waals surface area contributed by atoms with Crippen LogP contribution in [0.4, 0.5) is 0 Å². The predicted octanol–water partition coefficient (Wildman–Crippen LogP) is 1.43. The van der Waals surface area contributed by atoms with E-state index in [1.54, 1.807) is 18.3 Å². The fourth-order valence-corrected chi connectivity index (χ4v) is 7.32. The first-order chi connectivity index (χ1) is 15.5. The van der Waals surface area contributed by atoms with Gasteiger partial charge in [0.1, 0.15) is 0 Å². The van der Waals surface area contributed by atoms with E-state index in [4.69, 9.17) is 9.72 Å². The topological polar surface area (TPSA) is 103 Å². The van der Waals surface area contributed by atoms with Crippen molar-refractivity contribution in [2.45, 2.75) is 55.3 Å². The van der Waals surface area contributed by atoms with Crippen molar-refractivity contribution in [3.8, 4) is 11.5 Å². The summed E-state index contributed by atoms with van der Waals surface area (Å²) < 4.78 is 7.90. The lowest BCUT2D eigenvalue weighted by molar-refractivity contribution is -0.173. The molecule has 3 aromatic rings. The van der Waals surface area contributed by atoms with Gasteiger partial charge in [-0.3, -0.25) is 14.8 Å². The smallest absolute Gasteiger partial charge is 0.276 e. The lowest BCUT2D eigenvalue weighted by atomic mass is 9.49. The van der Waals surface area contributed by atoms with Crippen molar-refractivity contribution in [1.29, 1.82) is 0 Å². The minimum absolute atomic E-state index is 0.0923. The first kappa shape index (κ1) is 17.7. The zero-order chi connectivity index (χ0) is 21.4. The summed E-state index contributed by atoms with van der Waals surface area (Å²) in [7, 11) is 0. The van der Waals surface area contributed by atoms with E-state index in [9.17, 15) is 15.0 Å². The van der Waals surface area contributed by atoms with E-state index >= 15 is 0 Å². The number of H-pyrrole nitrogens is 1. The van der Waals surface area contributed by atoms with Crippen molar-refractivity contribution in [2.24, 2.45) is 5.92 Å². The normalized spacial score (nSPS) is 34.3. The minimum atomic E-state index is -1.16. The van der Waals surface area contributed by atoms with Crippen molar-refractivity contribution in [1.82, 2.24) is 19.5 Å². The summed E-state index contributed by atoms with van der Waals surface area (Å²) in [4.78, 5) is 20.7. The maximum absolute atomic E-state index is 13.4. The van der Waals surface area contributed by atoms with Crippen LogP contribution in [0.25, 0.3) is 5.65 Å². The number of aromatic nitrogens is 3. The highest BCUT2D eigenvalue weighted by atomic mass is 16.5. The SMILES string of the molecule is O=c1c2c(nc3cc[nH]n13)[C@@H]1Oc3c(O)ccc4c3[C@@]13CCN(CC1CC1)[C@H](C4)[C@]3(O)C2. The first-order valence-corrected chi connectivity index (χ1v) is 11.6. The number of phenolic OH excluding ortho intramolecular Hbond substituents is 1. The molecule has 32 heavy (non-hydrogen) atoms. The van der Waals surface area contributed by atoms with Gasteiger partial charge in [-0.2, -0.15) is 0 Å². The molecule has 8 rings (SSSR count). The molecule has 4 atom stereocenters. The largest absolute Gasteiger partial charge is 0.504 e. The summed E-state index contributed by atoms with van der Waals surface area (Å²) >= 11 is 0. The number of benzene rings is 1. The Balaban J connectivity index is 1.44. The Morgan fingerprint density at radius 1 is 1.28 bits per heavy atom. The molecular formula is C24H24N4O4. The van der Waals surface area contributed by atoms with Crippen molar-refractivity contribution >= 4 is 5.65 Å². The van der Waals surface area contributed by atoms with E-state index in [2.05, 4.69) is 10.00 Å². The van der Waals surface area contributed by atoms with E-state index in [0.717, 1.165) is 24.2 Å². The number of ether oxygens (including phenoxy) is 1. The van der Waals surface area contributed by atoms with Crippen LogP contribution in [0.1, 0.15) is 47.8 Å². The number of aliphatic hydroxyl groups is 1. The molecule has 8 nitrogen and oxygen atoms in total. The second kappa shape index (κ2) is 5.38. The molecule has 3 N–H and O–H groups in total. The zero-order valence-electron chi connectivity index (χ0n) is 17.5. The van der Waals surface area contributed by atoms with Crippen LogP contribution in [0.2, 0.25) is 0 Å². The average Bonchev–Trinajstić information content (AvgIpc) is 3.32. The Bertz CT molecular complexity index is 1390. The predicted molar refractivity (Wildman–Crippen MR) is 114 cm³/mol. The van der Waals surface area contributed by atoms with E-state index in [0.29, 0.717) is 41.4 Å². The molecule has 8 heteroatoms. The van der Waals surface area contributed by atoms with Crippen LogP contribution in [0.3, 0.4) is 0 Å². The van der Waals surface area contributed by atoms with Gasteiger partial charge < -0.3 is 14.9 Å². The molecule has 1 spiro atoms. The first-order valence-electron chi connectivity index (χ1n) is 11.6. The molecule has 0 radical (unpaired) electrons. The summed E-state index contributed by atoms with van der Waals surface area (Å²) in [5.41, 5.74) is 1.69.